The van der Waals surface area contributed by atoms with Crippen LogP contribution in [0.25, 0.3) is 0 Å². The second-order valence-corrected chi connectivity index (χ2v) is 10.3. The third-order valence-corrected chi connectivity index (χ3v) is 6.21. The van der Waals surface area contributed by atoms with Gasteiger partial charge in [0.15, 0.2) is 0 Å². The summed E-state index contributed by atoms with van der Waals surface area (Å²) >= 11 is 8.45. The van der Waals surface area contributed by atoms with Gasteiger partial charge in [-0.15, -0.1) is 11.8 Å². The van der Waals surface area contributed by atoms with Crippen LogP contribution in [0, 0.1) is 6.92 Å². The van der Waals surface area contributed by atoms with E-state index < -0.39 is 0 Å². The molecule has 0 amide bonds. The minimum absolute atomic E-state index is 0.230. The van der Waals surface area contributed by atoms with E-state index in [1.54, 1.807) is 0 Å². The third-order valence-electron chi connectivity index (χ3n) is 4.61. The summed E-state index contributed by atoms with van der Waals surface area (Å²) in [4.78, 5) is 1.36. The molecule has 0 aromatic heterocycles. The van der Waals surface area contributed by atoms with Gasteiger partial charge in [0.1, 0.15) is 0 Å². The van der Waals surface area contributed by atoms with Crippen molar-refractivity contribution < 1.29 is 0 Å². The van der Waals surface area contributed by atoms with Gasteiger partial charge in [-0.25, -0.2) is 0 Å². The number of benzene rings is 2. The molecule has 0 bridgehead atoms. The van der Waals surface area contributed by atoms with E-state index in [-0.39, 0.29) is 4.75 Å². The molecular formula is C22H29ClN2S. The van der Waals surface area contributed by atoms with Crippen LogP contribution in [0.3, 0.4) is 0 Å². The highest BCUT2D eigenvalue weighted by Gasteiger charge is 2.16. The van der Waals surface area contributed by atoms with E-state index in [2.05, 4.69) is 62.6 Å². The number of anilines is 1. The maximum atomic E-state index is 6.52. The van der Waals surface area contributed by atoms with Crippen molar-refractivity contribution in [1.82, 2.24) is 5.32 Å². The van der Waals surface area contributed by atoms with Gasteiger partial charge in [-0.1, -0.05) is 50.6 Å². The van der Waals surface area contributed by atoms with Crippen LogP contribution in [0.4, 0.5) is 5.69 Å². The van der Waals surface area contributed by atoms with Crippen LogP contribution in [0.15, 0.2) is 35.2 Å². The maximum absolute atomic E-state index is 6.52. The fraction of sp³-hybridized carbons (Fsp3) is 0.455. The monoisotopic (exact) mass is 388 g/mol. The molecule has 2 aromatic carbocycles. The zero-order valence-corrected chi connectivity index (χ0v) is 17.8. The topological polar surface area (TPSA) is 24.1 Å². The van der Waals surface area contributed by atoms with Crippen molar-refractivity contribution >= 4 is 29.1 Å². The van der Waals surface area contributed by atoms with Crippen LogP contribution in [-0.2, 0) is 19.4 Å². The molecule has 140 valence electrons. The summed E-state index contributed by atoms with van der Waals surface area (Å²) in [6.45, 7) is 11.8. The molecule has 0 spiro atoms. The first-order valence-electron chi connectivity index (χ1n) is 9.37. The molecule has 1 aliphatic rings. The number of hydrogen-bond acceptors (Lipinski definition) is 3. The van der Waals surface area contributed by atoms with E-state index >= 15 is 0 Å². The molecule has 0 unspecified atom stereocenters. The average molecular weight is 389 g/mol. The highest BCUT2D eigenvalue weighted by Crippen LogP contribution is 2.35. The molecule has 2 N–H and O–H groups in total. The molecule has 0 saturated heterocycles. The van der Waals surface area contributed by atoms with Gasteiger partial charge < -0.3 is 10.6 Å². The standard InChI is InChI=1S/C22H29ClN2S/c1-15-13-16(5-8-20(15)26-22(2,3)4)14-25-21-18-10-12-24-11-9-17(18)6-7-19(21)23/h5-8,13,24-25H,9-12,14H2,1-4H3. The lowest BCUT2D eigenvalue weighted by atomic mass is 10.0. The predicted molar refractivity (Wildman–Crippen MR) is 116 cm³/mol. The second-order valence-electron chi connectivity index (χ2n) is 7.98. The molecular weight excluding hydrogens is 360 g/mol. The van der Waals surface area contributed by atoms with Crippen LogP contribution < -0.4 is 10.6 Å². The maximum Gasteiger partial charge on any atom is 0.0640 e. The SMILES string of the molecule is Cc1cc(CNc2c(Cl)ccc3c2CCNCC3)ccc1SC(C)(C)C. The van der Waals surface area contributed by atoms with Crippen molar-refractivity contribution in [3.63, 3.8) is 0 Å². The minimum Gasteiger partial charge on any atom is -0.380 e. The molecule has 1 aliphatic heterocycles. The summed E-state index contributed by atoms with van der Waals surface area (Å²) in [5, 5.41) is 7.91. The lowest BCUT2D eigenvalue weighted by Gasteiger charge is -2.20. The smallest absolute Gasteiger partial charge is 0.0640 e. The molecule has 3 rings (SSSR count). The second kappa shape index (κ2) is 8.24. The first-order valence-corrected chi connectivity index (χ1v) is 10.6. The van der Waals surface area contributed by atoms with Crippen LogP contribution in [0.2, 0.25) is 5.02 Å². The first kappa shape index (κ1) is 19.6. The Morgan fingerprint density at radius 3 is 2.62 bits per heavy atom. The quantitative estimate of drug-likeness (QED) is 0.643. The lowest BCUT2D eigenvalue weighted by Crippen LogP contribution is -2.16. The van der Waals surface area contributed by atoms with E-state index in [1.807, 2.05) is 17.8 Å². The Labute approximate surface area is 167 Å². The fourth-order valence-corrected chi connectivity index (χ4v) is 4.65. The number of thioether (sulfide) groups is 1. The number of aryl methyl sites for hydroxylation is 1. The number of hydrogen-bond donors (Lipinski definition) is 2. The number of rotatable bonds is 4. The highest BCUT2D eigenvalue weighted by molar-refractivity contribution is 8.00. The van der Waals surface area contributed by atoms with E-state index in [1.165, 1.54) is 27.1 Å². The van der Waals surface area contributed by atoms with Gasteiger partial charge in [0, 0.05) is 16.2 Å². The molecule has 0 saturated carbocycles. The summed E-state index contributed by atoms with van der Waals surface area (Å²) < 4.78 is 0.230. The number of nitrogens with one attached hydrogen (secondary N) is 2. The highest BCUT2D eigenvalue weighted by atomic mass is 35.5. The Kier molecular flexibility index (Phi) is 6.21. The van der Waals surface area contributed by atoms with Crippen molar-refractivity contribution in [1.29, 1.82) is 0 Å². The van der Waals surface area contributed by atoms with Crippen molar-refractivity contribution in [3.05, 3.63) is 57.6 Å². The van der Waals surface area contributed by atoms with E-state index in [0.717, 1.165) is 43.2 Å². The molecule has 0 radical (unpaired) electrons. The van der Waals surface area contributed by atoms with Gasteiger partial charge in [0.2, 0.25) is 0 Å². The summed E-state index contributed by atoms with van der Waals surface area (Å²) in [7, 11) is 0. The van der Waals surface area contributed by atoms with Crippen molar-refractivity contribution in [2.45, 2.75) is 56.7 Å². The molecule has 0 aliphatic carbocycles. The zero-order chi connectivity index (χ0) is 18.7. The number of fused-ring (bicyclic) bond motifs is 1. The predicted octanol–water partition coefficient (Wildman–Crippen LogP) is 5.84. The van der Waals surface area contributed by atoms with Gasteiger partial charge >= 0.3 is 0 Å². The molecule has 4 heteroatoms. The Hall–Kier alpha value is -1.16. The van der Waals surface area contributed by atoms with Crippen molar-refractivity contribution in [3.8, 4) is 0 Å². The molecule has 26 heavy (non-hydrogen) atoms. The summed E-state index contributed by atoms with van der Waals surface area (Å²) in [5.74, 6) is 0. The Balaban J connectivity index is 1.76. The molecule has 0 fully saturated rings. The fourth-order valence-electron chi connectivity index (χ4n) is 3.39. The van der Waals surface area contributed by atoms with Crippen LogP contribution >= 0.6 is 23.4 Å². The van der Waals surface area contributed by atoms with Crippen molar-refractivity contribution in [2.24, 2.45) is 0 Å². The van der Waals surface area contributed by atoms with Crippen molar-refractivity contribution in [2.75, 3.05) is 18.4 Å². The first-order chi connectivity index (χ1) is 12.3. The largest absolute Gasteiger partial charge is 0.380 e. The van der Waals surface area contributed by atoms with Crippen LogP contribution in [0.5, 0.6) is 0 Å². The Bertz CT molecular complexity index is 780. The van der Waals surface area contributed by atoms with E-state index in [9.17, 15) is 0 Å². The lowest BCUT2D eigenvalue weighted by molar-refractivity contribution is 0.711. The van der Waals surface area contributed by atoms with Gasteiger partial charge in [-0.05, 0) is 67.2 Å². The van der Waals surface area contributed by atoms with Gasteiger partial charge in [0.05, 0.1) is 10.7 Å². The zero-order valence-electron chi connectivity index (χ0n) is 16.2. The average Bonchev–Trinajstić information content (AvgIpc) is 2.81. The molecule has 2 nitrogen and oxygen atoms in total. The van der Waals surface area contributed by atoms with E-state index in [4.69, 9.17) is 11.6 Å². The minimum atomic E-state index is 0.230. The van der Waals surface area contributed by atoms with Gasteiger partial charge in [-0.3, -0.25) is 0 Å². The number of halogens is 1. The summed E-state index contributed by atoms with van der Waals surface area (Å²) in [5.41, 5.74) is 6.53. The summed E-state index contributed by atoms with van der Waals surface area (Å²) in [6, 6.07) is 11.0. The van der Waals surface area contributed by atoms with Crippen LogP contribution in [-0.4, -0.2) is 17.8 Å². The van der Waals surface area contributed by atoms with E-state index in [0.29, 0.717) is 0 Å². The Morgan fingerprint density at radius 2 is 1.88 bits per heavy atom. The molecule has 2 aromatic rings. The third kappa shape index (κ3) is 4.97. The van der Waals surface area contributed by atoms with Crippen LogP contribution in [0.1, 0.15) is 43.0 Å². The molecule has 0 atom stereocenters. The molecule has 1 heterocycles. The normalized spacial score (nSPS) is 14.7. The summed E-state index contributed by atoms with van der Waals surface area (Å²) in [6.07, 6.45) is 2.09. The van der Waals surface area contributed by atoms with Gasteiger partial charge in [0.25, 0.3) is 0 Å². The van der Waals surface area contributed by atoms with Gasteiger partial charge in [-0.2, -0.15) is 0 Å². The Morgan fingerprint density at radius 1 is 1.12 bits per heavy atom.